The molecule has 0 bridgehead atoms. The van der Waals surface area contributed by atoms with E-state index in [9.17, 15) is 5.11 Å². The topological polar surface area (TPSA) is 42.4 Å². The van der Waals surface area contributed by atoms with E-state index in [0.29, 0.717) is 10.7 Å². The van der Waals surface area contributed by atoms with Crippen LogP contribution >= 0.6 is 50.1 Å². The molecule has 0 fully saturated rings. The number of hydrogen-bond acceptors (Lipinski definition) is 3. The minimum absolute atomic E-state index is 0.140. The number of benzene rings is 1. The molecule has 2 aromatic rings. The first-order valence-corrected chi connectivity index (χ1v) is 7.69. The van der Waals surface area contributed by atoms with Crippen molar-refractivity contribution >= 4 is 50.1 Å². The lowest BCUT2D eigenvalue weighted by atomic mass is 10.2. The number of pyridine rings is 1. The van der Waals surface area contributed by atoms with Crippen molar-refractivity contribution in [1.82, 2.24) is 4.98 Å². The fourth-order valence-corrected chi connectivity index (χ4v) is 2.41. The molecule has 1 aromatic heterocycles. The fraction of sp³-hybridized carbons (Fsp3) is 0.154. The first-order valence-electron chi connectivity index (χ1n) is 5.44. The molecule has 0 saturated heterocycles. The molecule has 0 aliphatic rings. The predicted molar refractivity (Wildman–Crippen MR) is 86.6 cm³/mol. The van der Waals surface area contributed by atoms with Crippen LogP contribution in [0.15, 0.2) is 41.0 Å². The van der Waals surface area contributed by atoms with Crippen LogP contribution in [0.25, 0.3) is 0 Å². The lowest BCUT2D eigenvalue weighted by molar-refractivity contribution is 0.104. The van der Waals surface area contributed by atoms with Crippen LogP contribution in [-0.2, 0) is 0 Å². The van der Waals surface area contributed by atoms with Gasteiger partial charge in [-0.15, -0.1) is 0 Å². The van der Waals surface area contributed by atoms with Gasteiger partial charge in [0.2, 0.25) is 0 Å². The highest BCUT2D eigenvalue weighted by molar-refractivity contribution is 14.1. The Labute approximate surface area is 138 Å². The molecule has 6 heteroatoms. The van der Waals surface area contributed by atoms with Crippen LogP contribution in [0.1, 0.15) is 11.8 Å². The number of aliphatic hydroxyl groups excluding tert-OH is 1. The van der Waals surface area contributed by atoms with Crippen molar-refractivity contribution in [2.75, 3.05) is 6.61 Å². The Hall–Kier alpha value is -0.370. The second-order valence-electron chi connectivity index (χ2n) is 3.78. The third kappa shape index (κ3) is 4.05. The molecule has 2 rings (SSSR count). The summed E-state index contributed by atoms with van der Waals surface area (Å²) < 4.78 is 7.54. The molecule has 0 aliphatic carbocycles. The number of hydrogen-bond donors (Lipinski definition) is 1. The Morgan fingerprint density at radius 3 is 2.84 bits per heavy atom. The average Bonchev–Trinajstić information content (AvgIpc) is 2.41. The molecule has 100 valence electrons. The molecule has 1 unspecified atom stereocenters. The van der Waals surface area contributed by atoms with Crippen LogP contribution < -0.4 is 4.74 Å². The van der Waals surface area contributed by atoms with Crippen LogP contribution in [0.2, 0.25) is 5.02 Å². The summed E-state index contributed by atoms with van der Waals surface area (Å²) in [5.41, 5.74) is 0.536. The number of aromatic nitrogens is 1. The minimum atomic E-state index is -0.785. The Kier molecular flexibility index (Phi) is 5.44. The van der Waals surface area contributed by atoms with Crippen molar-refractivity contribution < 1.29 is 9.84 Å². The van der Waals surface area contributed by atoms with Crippen molar-refractivity contribution in [3.05, 3.63) is 55.3 Å². The number of rotatable bonds is 4. The monoisotopic (exact) mass is 453 g/mol. The molecule has 0 amide bonds. The predicted octanol–water partition coefficient (Wildman–Crippen LogP) is 4.21. The van der Waals surface area contributed by atoms with Gasteiger partial charge in [0.15, 0.2) is 0 Å². The van der Waals surface area contributed by atoms with Crippen molar-refractivity contribution in [2.24, 2.45) is 0 Å². The van der Waals surface area contributed by atoms with E-state index >= 15 is 0 Å². The third-order valence-corrected chi connectivity index (χ3v) is 5.14. The lowest BCUT2D eigenvalue weighted by Crippen LogP contribution is -2.11. The molecule has 1 atom stereocenters. The van der Waals surface area contributed by atoms with E-state index in [0.717, 1.165) is 13.8 Å². The Bertz CT molecular complexity index is 565. The summed E-state index contributed by atoms with van der Waals surface area (Å²) in [5, 5.41) is 10.5. The number of ether oxygens (including phenoxy) is 1. The first-order chi connectivity index (χ1) is 9.08. The summed E-state index contributed by atoms with van der Waals surface area (Å²) >= 11 is 11.4. The molecule has 19 heavy (non-hydrogen) atoms. The normalized spacial score (nSPS) is 12.2. The zero-order valence-corrected chi connectivity index (χ0v) is 14.2. The second-order valence-corrected chi connectivity index (χ2v) is 6.15. The summed E-state index contributed by atoms with van der Waals surface area (Å²) in [4.78, 5) is 4.06. The maximum atomic E-state index is 9.99. The number of aliphatic hydroxyl groups is 1. The Morgan fingerprint density at radius 2 is 2.16 bits per heavy atom. The van der Waals surface area contributed by atoms with Crippen molar-refractivity contribution in [1.29, 1.82) is 0 Å². The summed E-state index contributed by atoms with van der Waals surface area (Å²) in [5.74, 6) is 0.725. The fourth-order valence-electron chi connectivity index (χ4n) is 1.43. The van der Waals surface area contributed by atoms with Crippen LogP contribution in [-0.4, -0.2) is 16.7 Å². The maximum Gasteiger partial charge on any atom is 0.133 e. The van der Waals surface area contributed by atoms with E-state index in [1.54, 1.807) is 12.1 Å². The van der Waals surface area contributed by atoms with Gasteiger partial charge in [0.1, 0.15) is 18.5 Å². The summed E-state index contributed by atoms with van der Waals surface area (Å²) in [6.07, 6.45) is 0.718. The molecule has 3 nitrogen and oxygen atoms in total. The molecule has 0 radical (unpaired) electrons. The SMILES string of the molecule is OC(COc1cccc(Br)c1I)c1ccc(Cl)cn1. The zero-order valence-electron chi connectivity index (χ0n) is 9.69. The van der Waals surface area contributed by atoms with Gasteiger partial charge >= 0.3 is 0 Å². The summed E-state index contributed by atoms with van der Waals surface area (Å²) in [6, 6.07) is 9.05. The van der Waals surface area contributed by atoms with Crippen molar-refractivity contribution in [3.8, 4) is 5.75 Å². The molecule has 1 aromatic carbocycles. The highest BCUT2D eigenvalue weighted by Crippen LogP contribution is 2.28. The van der Waals surface area contributed by atoms with Crippen LogP contribution in [0.4, 0.5) is 0 Å². The standard InChI is InChI=1S/C13H10BrClINO2/c14-9-2-1-3-12(13(9)16)19-7-11(18)10-5-4-8(15)6-17-10/h1-6,11,18H,7H2. The van der Waals surface area contributed by atoms with Gasteiger partial charge in [-0.3, -0.25) is 4.98 Å². The van der Waals surface area contributed by atoms with E-state index in [2.05, 4.69) is 43.5 Å². The molecule has 0 saturated carbocycles. The molecule has 0 spiro atoms. The quantitative estimate of drug-likeness (QED) is 0.704. The first kappa shape index (κ1) is 15.0. The zero-order chi connectivity index (χ0) is 13.8. The molecular formula is C13H10BrClINO2. The Morgan fingerprint density at radius 1 is 1.37 bits per heavy atom. The van der Waals surface area contributed by atoms with E-state index in [1.807, 2.05) is 18.2 Å². The maximum absolute atomic E-state index is 9.99. The van der Waals surface area contributed by atoms with Gasteiger partial charge in [-0.1, -0.05) is 17.7 Å². The van der Waals surface area contributed by atoms with Crippen molar-refractivity contribution in [2.45, 2.75) is 6.10 Å². The van der Waals surface area contributed by atoms with E-state index < -0.39 is 6.10 Å². The minimum Gasteiger partial charge on any atom is -0.489 e. The average molecular weight is 454 g/mol. The van der Waals surface area contributed by atoms with E-state index in [1.165, 1.54) is 6.20 Å². The van der Waals surface area contributed by atoms with Gasteiger partial charge in [-0.25, -0.2) is 0 Å². The highest BCUT2D eigenvalue weighted by Gasteiger charge is 2.11. The van der Waals surface area contributed by atoms with E-state index in [4.69, 9.17) is 16.3 Å². The third-order valence-electron chi connectivity index (χ3n) is 2.40. The Balaban J connectivity index is 2.02. The van der Waals surface area contributed by atoms with Gasteiger partial charge in [0.25, 0.3) is 0 Å². The second kappa shape index (κ2) is 6.88. The smallest absolute Gasteiger partial charge is 0.133 e. The molecule has 1 N–H and O–H groups in total. The lowest BCUT2D eigenvalue weighted by Gasteiger charge is -2.13. The number of nitrogens with zero attached hydrogens (tertiary/aromatic N) is 1. The van der Waals surface area contributed by atoms with Gasteiger partial charge in [-0.05, 0) is 62.8 Å². The van der Waals surface area contributed by atoms with Gasteiger partial charge in [0, 0.05) is 10.7 Å². The summed E-state index contributed by atoms with van der Waals surface area (Å²) in [6.45, 7) is 0.140. The number of halogens is 3. The van der Waals surface area contributed by atoms with Gasteiger partial charge < -0.3 is 9.84 Å². The summed E-state index contributed by atoms with van der Waals surface area (Å²) in [7, 11) is 0. The van der Waals surface area contributed by atoms with Crippen molar-refractivity contribution in [3.63, 3.8) is 0 Å². The van der Waals surface area contributed by atoms with Crippen LogP contribution in [0.3, 0.4) is 0 Å². The van der Waals surface area contributed by atoms with Crippen LogP contribution in [0.5, 0.6) is 5.75 Å². The van der Waals surface area contributed by atoms with E-state index in [-0.39, 0.29) is 6.61 Å². The highest BCUT2D eigenvalue weighted by atomic mass is 127. The molecule has 1 heterocycles. The van der Waals surface area contributed by atoms with Crippen LogP contribution in [0, 0.1) is 3.57 Å². The molecule has 0 aliphatic heterocycles. The molecular weight excluding hydrogens is 444 g/mol. The van der Waals surface area contributed by atoms with Gasteiger partial charge in [0.05, 0.1) is 14.3 Å². The van der Waals surface area contributed by atoms with Gasteiger partial charge in [-0.2, -0.15) is 0 Å². The largest absolute Gasteiger partial charge is 0.489 e.